The molecule has 0 aliphatic carbocycles. The summed E-state index contributed by atoms with van der Waals surface area (Å²) in [6, 6.07) is 7.42. The first kappa shape index (κ1) is 16.3. The van der Waals surface area contributed by atoms with Crippen LogP contribution < -0.4 is 5.32 Å². The van der Waals surface area contributed by atoms with E-state index in [1.807, 2.05) is 24.3 Å². The summed E-state index contributed by atoms with van der Waals surface area (Å²) in [6.45, 7) is 2.31. The molecule has 6 heteroatoms. The van der Waals surface area contributed by atoms with E-state index < -0.39 is 0 Å². The van der Waals surface area contributed by atoms with Gasteiger partial charge in [-0.2, -0.15) is 0 Å². The predicted molar refractivity (Wildman–Crippen MR) is 87.0 cm³/mol. The molecule has 2 heterocycles. The van der Waals surface area contributed by atoms with Gasteiger partial charge in [-0.15, -0.1) is 0 Å². The van der Waals surface area contributed by atoms with Gasteiger partial charge in [0.1, 0.15) is 0 Å². The van der Waals surface area contributed by atoms with Crippen LogP contribution in [0.4, 0.5) is 0 Å². The Labute approximate surface area is 140 Å². The molecule has 0 bridgehead atoms. The van der Waals surface area contributed by atoms with Crippen LogP contribution in [0.5, 0.6) is 0 Å². The second kappa shape index (κ2) is 7.32. The second-order valence-corrected chi connectivity index (χ2v) is 6.62. The van der Waals surface area contributed by atoms with E-state index >= 15 is 0 Å². The molecule has 124 valence electrons. The molecule has 0 saturated carbocycles. The summed E-state index contributed by atoms with van der Waals surface area (Å²) in [4.78, 5) is 26.1. The van der Waals surface area contributed by atoms with Gasteiger partial charge >= 0.3 is 0 Å². The first-order valence-electron chi connectivity index (χ1n) is 8.03. The third kappa shape index (κ3) is 4.24. The molecular weight excluding hydrogens is 316 g/mol. The van der Waals surface area contributed by atoms with Crippen LogP contribution in [-0.4, -0.2) is 42.5 Å². The monoisotopic (exact) mass is 336 g/mol. The van der Waals surface area contributed by atoms with Crippen LogP contribution in [0.3, 0.4) is 0 Å². The number of carbonyl (C=O) groups excluding carboxylic acids is 2. The van der Waals surface area contributed by atoms with Gasteiger partial charge < -0.3 is 15.0 Å². The summed E-state index contributed by atoms with van der Waals surface area (Å²) in [5.74, 6) is -0.291. The summed E-state index contributed by atoms with van der Waals surface area (Å²) >= 11 is 5.87. The molecule has 5 nitrogen and oxygen atoms in total. The van der Waals surface area contributed by atoms with Gasteiger partial charge in [0.2, 0.25) is 11.8 Å². The minimum atomic E-state index is -0.267. The quantitative estimate of drug-likeness (QED) is 0.894. The van der Waals surface area contributed by atoms with Crippen molar-refractivity contribution >= 4 is 23.4 Å². The van der Waals surface area contributed by atoms with Crippen molar-refractivity contribution < 1.29 is 14.3 Å². The highest BCUT2D eigenvalue weighted by Gasteiger charge is 2.34. The molecule has 2 saturated heterocycles. The summed E-state index contributed by atoms with van der Waals surface area (Å²) < 4.78 is 5.49. The van der Waals surface area contributed by atoms with Crippen molar-refractivity contribution in [1.29, 1.82) is 0 Å². The molecule has 2 unspecified atom stereocenters. The van der Waals surface area contributed by atoms with Crippen molar-refractivity contribution in [3.63, 3.8) is 0 Å². The normalized spacial score (nSPS) is 24.2. The SMILES string of the molecule is O=C(NCC1CCCO1)C1CC(=O)N(Cc2ccc(Cl)cc2)C1. The first-order chi connectivity index (χ1) is 11.1. The maximum absolute atomic E-state index is 12.2. The van der Waals surface area contributed by atoms with Gasteiger partial charge in [-0.05, 0) is 30.5 Å². The Bertz CT molecular complexity index is 570. The molecule has 0 radical (unpaired) electrons. The number of carbonyl (C=O) groups is 2. The van der Waals surface area contributed by atoms with Crippen LogP contribution in [0.2, 0.25) is 5.02 Å². The van der Waals surface area contributed by atoms with E-state index in [2.05, 4.69) is 5.32 Å². The van der Waals surface area contributed by atoms with Gasteiger partial charge in [-0.3, -0.25) is 9.59 Å². The number of halogens is 1. The zero-order valence-electron chi connectivity index (χ0n) is 13.0. The largest absolute Gasteiger partial charge is 0.376 e. The number of nitrogens with one attached hydrogen (secondary N) is 1. The fraction of sp³-hybridized carbons (Fsp3) is 0.529. The number of hydrogen-bond acceptors (Lipinski definition) is 3. The molecule has 2 aliphatic heterocycles. The number of likely N-dealkylation sites (tertiary alicyclic amines) is 1. The van der Waals surface area contributed by atoms with Gasteiger partial charge in [0, 0.05) is 37.7 Å². The third-order valence-electron chi connectivity index (χ3n) is 4.40. The molecule has 1 aromatic carbocycles. The Balaban J connectivity index is 1.50. The van der Waals surface area contributed by atoms with Gasteiger partial charge in [0.15, 0.2) is 0 Å². The number of ether oxygens (including phenoxy) is 1. The van der Waals surface area contributed by atoms with Gasteiger partial charge in [-0.1, -0.05) is 23.7 Å². The average Bonchev–Trinajstić information content (AvgIpc) is 3.18. The Morgan fingerprint density at radius 2 is 2.13 bits per heavy atom. The number of amides is 2. The highest BCUT2D eigenvalue weighted by molar-refractivity contribution is 6.30. The van der Waals surface area contributed by atoms with Crippen molar-refractivity contribution in [2.24, 2.45) is 5.92 Å². The Kier molecular flexibility index (Phi) is 5.18. The fourth-order valence-electron chi connectivity index (χ4n) is 3.07. The molecule has 1 N–H and O–H groups in total. The highest BCUT2D eigenvalue weighted by atomic mass is 35.5. The van der Waals surface area contributed by atoms with Crippen LogP contribution in [0.1, 0.15) is 24.8 Å². The lowest BCUT2D eigenvalue weighted by atomic mass is 10.1. The van der Waals surface area contributed by atoms with E-state index in [4.69, 9.17) is 16.3 Å². The van der Waals surface area contributed by atoms with Crippen LogP contribution in [0.15, 0.2) is 24.3 Å². The Morgan fingerprint density at radius 1 is 1.35 bits per heavy atom. The summed E-state index contributed by atoms with van der Waals surface area (Å²) in [6.07, 6.45) is 2.45. The fourth-order valence-corrected chi connectivity index (χ4v) is 3.20. The van der Waals surface area contributed by atoms with Gasteiger partial charge in [0.05, 0.1) is 12.0 Å². The highest BCUT2D eigenvalue weighted by Crippen LogP contribution is 2.21. The molecule has 0 aromatic heterocycles. The molecule has 0 spiro atoms. The Morgan fingerprint density at radius 3 is 2.83 bits per heavy atom. The lowest BCUT2D eigenvalue weighted by Gasteiger charge is -2.17. The summed E-state index contributed by atoms with van der Waals surface area (Å²) in [7, 11) is 0. The molecule has 1 aromatic rings. The molecule has 2 atom stereocenters. The van der Waals surface area contributed by atoms with Crippen molar-refractivity contribution in [3.05, 3.63) is 34.9 Å². The lowest BCUT2D eigenvalue weighted by Crippen LogP contribution is -2.37. The maximum atomic E-state index is 12.2. The van der Waals surface area contributed by atoms with E-state index in [1.54, 1.807) is 4.90 Å². The smallest absolute Gasteiger partial charge is 0.225 e. The van der Waals surface area contributed by atoms with Gasteiger partial charge in [-0.25, -0.2) is 0 Å². The molecule has 2 aliphatic rings. The Hall–Kier alpha value is -1.59. The molecular formula is C17H21ClN2O3. The van der Waals surface area contributed by atoms with Crippen LogP contribution >= 0.6 is 11.6 Å². The first-order valence-corrected chi connectivity index (χ1v) is 8.41. The molecule has 2 fully saturated rings. The van der Waals surface area contributed by atoms with E-state index in [9.17, 15) is 9.59 Å². The zero-order valence-corrected chi connectivity index (χ0v) is 13.7. The average molecular weight is 337 g/mol. The minimum absolute atomic E-state index is 0.0252. The summed E-state index contributed by atoms with van der Waals surface area (Å²) in [5.41, 5.74) is 1.02. The predicted octanol–water partition coefficient (Wildman–Crippen LogP) is 1.98. The van der Waals surface area contributed by atoms with Crippen LogP contribution in [-0.2, 0) is 20.9 Å². The standard InChI is InChI=1S/C17H21ClN2O3/c18-14-5-3-12(4-6-14)10-20-11-13(8-16(20)21)17(22)19-9-15-2-1-7-23-15/h3-6,13,15H,1-2,7-11H2,(H,19,22). The number of hydrogen-bond donors (Lipinski definition) is 1. The van der Waals surface area contributed by atoms with E-state index in [1.165, 1.54) is 0 Å². The number of rotatable bonds is 5. The van der Waals surface area contributed by atoms with Crippen molar-refractivity contribution in [2.45, 2.75) is 31.9 Å². The third-order valence-corrected chi connectivity index (χ3v) is 4.65. The molecule has 23 heavy (non-hydrogen) atoms. The topological polar surface area (TPSA) is 58.6 Å². The number of benzene rings is 1. The maximum Gasteiger partial charge on any atom is 0.225 e. The van der Waals surface area contributed by atoms with Crippen molar-refractivity contribution in [2.75, 3.05) is 19.7 Å². The van der Waals surface area contributed by atoms with E-state index in [0.29, 0.717) is 24.7 Å². The number of nitrogens with zero attached hydrogens (tertiary/aromatic N) is 1. The van der Waals surface area contributed by atoms with Crippen molar-refractivity contribution in [3.8, 4) is 0 Å². The van der Waals surface area contributed by atoms with E-state index in [0.717, 1.165) is 25.0 Å². The van der Waals surface area contributed by atoms with E-state index in [-0.39, 0.29) is 30.3 Å². The van der Waals surface area contributed by atoms with Crippen LogP contribution in [0, 0.1) is 5.92 Å². The molecule has 3 rings (SSSR count). The molecule has 2 amide bonds. The second-order valence-electron chi connectivity index (χ2n) is 6.18. The lowest BCUT2D eigenvalue weighted by molar-refractivity contribution is -0.129. The van der Waals surface area contributed by atoms with Crippen molar-refractivity contribution in [1.82, 2.24) is 10.2 Å². The summed E-state index contributed by atoms with van der Waals surface area (Å²) in [5, 5.41) is 3.59. The zero-order chi connectivity index (χ0) is 16.2. The minimum Gasteiger partial charge on any atom is -0.376 e. The van der Waals surface area contributed by atoms with Gasteiger partial charge in [0.25, 0.3) is 0 Å². The van der Waals surface area contributed by atoms with Crippen LogP contribution in [0.25, 0.3) is 0 Å².